The Labute approximate surface area is 82.9 Å². The quantitative estimate of drug-likeness (QED) is 0.342. The molecule has 0 spiro atoms. The van der Waals surface area contributed by atoms with Gasteiger partial charge < -0.3 is 19.7 Å². The van der Waals surface area contributed by atoms with Crippen LogP contribution in [0.3, 0.4) is 0 Å². The molecule has 0 aromatic heterocycles. The summed E-state index contributed by atoms with van der Waals surface area (Å²) in [6.45, 7) is 4.82. The first-order chi connectivity index (χ1) is 6.61. The van der Waals surface area contributed by atoms with Crippen LogP contribution in [-0.2, 0) is 14.3 Å². The Morgan fingerprint density at radius 2 is 2.14 bits per heavy atom. The van der Waals surface area contributed by atoms with Crippen molar-refractivity contribution >= 4 is 5.97 Å². The average molecular weight is 204 g/mol. The van der Waals surface area contributed by atoms with Crippen molar-refractivity contribution in [3.63, 3.8) is 0 Å². The van der Waals surface area contributed by atoms with Crippen LogP contribution in [0.4, 0.5) is 0 Å². The van der Waals surface area contributed by atoms with Crippen molar-refractivity contribution in [2.24, 2.45) is 0 Å². The summed E-state index contributed by atoms with van der Waals surface area (Å²) in [5.41, 5.74) is 0. The first-order valence-electron chi connectivity index (χ1n) is 4.39. The van der Waals surface area contributed by atoms with E-state index < -0.39 is 12.1 Å². The fourth-order valence-corrected chi connectivity index (χ4v) is 0.598. The summed E-state index contributed by atoms with van der Waals surface area (Å²) < 4.78 is 9.38. The number of esters is 1. The molecule has 2 N–H and O–H groups in total. The van der Waals surface area contributed by atoms with Crippen molar-refractivity contribution in [3.05, 3.63) is 12.3 Å². The molecule has 0 amide bonds. The molecule has 0 aliphatic rings. The third kappa shape index (κ3) is 5.55. The van der Waals surface area contributed by atoms with E-state index in [0.29, 0.717) is 6.42 Å². The van der Waals surface area contributed by atoms with Crippen LogP contribution >= 0.6 is 0 Å². The number of ether oxygens (including phenoxy) is 2. The van der Waals surface area contributed by atoms with Gasteiger partial charge in [-0.2, -0.15) is 0 Å². The maximum Gasteiger partial charge on any atom is 0.373 e. The highest BCUT2D eigenvalue weighted by molar-refractivity contribution is 5.85. The standard InChI is InChI=1S/C9H16O5/c1-3-8(11)6-14-9(12)7(2)13-5-4-10/h8,10-11H,2-6H2,1H3. The smallest absolute Gasteiger partial charge is 0.373 e. The van der Waals surface area contributed by atoms with E-state index in [-0.39, 0.29) is 25.6 Å². The van der Waals surface area contributed by atoms with E-state index in [2.05, 4.69) is 11.3 Å². The number of aliphatic hydroxyl groups excluding tert-OH is 2. The highest BCUT2D eigenvalue weighted by atomic mass is 16.6. The molecule has 0 saturated carbocycles. The number of hydrogen-bond acceptors (Lipinski definition) is 5. The molecule has 0 aliphatic heterocycles. The van der Waals surface area contributed by atoms with E-state index in [4.69, 9.17) is 14.9 Å². The van der Waals surface area contributed by atoms with Crippen molar-refractivity contribution in [2.45, 2.75) is 19.4 Å². The summed E-state index contributed by atoms with van der Waals surface area (Å²) >= 11 is 0. The lowest BCUT2D eigenvalue weighted by atomic mass is 10.3. The van der Waals surface area contributed by atoms with Crippen LogP contribution in [0.5, 0.6) is 0 Å². The zero-order valence-corrected chi connectivity index (χ0v) is 8.23. The zero-order valence-electron chi connectivity index (χ0n) is 8.23. The van der Waals surface area contributed by atoms with Gasteiger partial charge >= 0.3 is 5.97 Å². The summed E-state index contributed by atoms with van der Waals surface area (Å²) in [6.07, 6.45) is -0.151. The second-order valence-electron chi connectivity index (χ2n) is 2.66. The first-order valence-corrected chi connectivity index (χ1v) is 4.39. The largest absolute Gasteiger partial charge is 0.485 e. The van der Waals surface area contributed by atoms with Crippen molar-refractivity contribution in [2.75, 3.05) is 19.8 Å². The highest BCUT2D eigenvalue weighted by Gasteiger charge is 2.11. The minimum absolute atomic E-state index is 0.00423. The predicted octanol–water partition coefficient (Wildman–Crippen LogP) is -0.177. The van der Waals surface area contributed by atoms with Crippen LogP contribution in [0.1, 0.15) is 13.3 Å². The van der Waals surface area contributed by atoms with Gasteiger partial charge in [0.05, 0.1) is 12.7 Å². The van der Waals surface area contributed by atoms with E-state index in [1.807, 2.05) is 0 Å². The maximum atomic E-state index is 11.0. The predicted molar refractivity (Wildman–Crippen MR) is 49.4 cm³/mol. The van der Waals surface area contributed by atoms with Gasteiger partial charge in [-0.25, -0.2) is 4.79 Å². The molecule has 0 bridgehead atoms. The molecule has 0 rings (SSSR count). The summed E-state index contributed by atoms with van der Waals surface area (Å²) in [6, 6.07) is 0. The normalized spacial score (nSPS) is 11.9. The van der Waals surface area contributed by atoms with Gasteiger partial charge in [0.25, 0.3) is 0 Å². The number of rotatable bonds is 7. The van der Waals surface area contributed by atoms with Gasteiger partial charge in [0.2, 0.25) is 0 Å². The molecule has 0 aromatic rings. The molecule has 1 atom stereocenters. The van der Waals surface area contributed by atoms with Gasteiger partial charge in [0.15, 0.2) is 5.76 Å². The molecule has 5 nitrogen and oxygen atoms in total. The fourth-order valence-electron chi connectivity index (χ4n) is 0.598. The van der Waals surface area contributed by atoms with E-state index in [0.717, 1.165) is 0 Å². The summed E-state index contributed by atoms with van der Waals surface area (Å²) in [5, 5.41) is 17.5. The molecule has 0 aromatic carbocycles. The molecular formula is C9H16O5. The highest BCUT2D eigenvalue weighted by Crippen LogP contribution is 1.99. The number of hydrogen-bond donors (Lipinski definition) is 2. The Kier molecular flexibility index (Phi) is 6.78. The summed E-state index contributed by atoms with van der Waals surface area (Å²) in [4.78, 5) is 11.0. The number of carbonyl (C=O) groups is 1. The van der Waals surface area contributed by atoms with Crippen LogP contribution in [-0.4, -0.2) is 42.1 Å². The molecule has 0 heterocycles. The molecule has 82 valence electrons. The molecule has 14 heavy (non-hydrogen) atoms. The Hall–Kier alpha value is -1.07. The van der Waals surface area contributed by atoms with E-state index in [1.165, 1.54) is 0 Å². The lowest BCUT2D eigenvalue weighted by Gasteiger charge is -2.10. The molecule has 0 saturated heterocycles. The van der Waals surface area contributed by atoms with Crippen molar-refractivity contribution < 1.29 is 24.5 Å². The van der Waals surface area contributed by atoms with Crippen molar-refractivity contribution in [3.8, 4) is 0 Å². The van der Waals surface area contributed by atoms with Crippen LogP contribution in [0.15, 0.2) is 12.3 Å². The van der Waals surface area contributed by atoms with E-state index >= 15 is 0 Å². The molecule has 0 fully saturated rings. The van der Waals surface area contributed by atoms with Gasteiger partial charge in [-0.15, -0.1) is 0 Å². The second kappa shape index (κ2) is 7.34. The first kappa shape index (κ1) is 12.9. The van der Waals surface area contributed by atoms with Gasteiger partial charge in [0.1, 0.15) is 13.2 Å². The Balaban J connectivity index is 3.67. The third-order valence-electron chi connectivity index (χ3n) is 1.47. The van der Waals surface area contributed by atoms with E-state index in [1.54, 1.807) is 6.92 Å². The Morgan fingerprint density at radius 1 is 1.50 bits per heavy atom. The molecule has 5 heteroatoms. The van der Waals surface area contributed by atoms with E-state index in [9.17, 15) is 4.79 Å². The molecule has 1 unspecified atom stereocenters. The van der Waals surface area contributed by atoms with Crippen LogP contribution in [0, 0.1) is 0 Å². The Morgan fingerprint density at radius 3 is 2.64 bits per heavy atom. The minimum Gasteiger partial charge on any atom is -0.485 e. The third-order valence-corrected chi connectivity index (χ3v) is 1.47. The molecular weight excluding hydrogens is 188 g/mol. The number of aliphatic hydroxyl groups is 2. The van der Waals surface area contributed by atoms with Crippen LogP contribution in [0.2, 0.25) is 0 Å². The maximum absolute atomic E-state index is 11.0. The average Bonchev–Trinajstić information content (AvgIpc) is 2.21. The molecule has 0 aliphatic carbocycles. The zero-order chi connectivity index (χ0) is 11.0. The molecule has 0 radical (unpaired) electrons. The van der Waals surface area contributed by atoms with Crippen molar-refractivity contribution in [1.29, 1.82) is 0 Å². The fraction of sp³-hybridized carbons (Fsp3) is 0.667. The van der Waals surface area contributed by atoms with Crippen LogP contribution in [0.25, 0.3) is 0 Å². The van der Waals surface area contributed by atoms with Gasteiger partial charge in [-0.3, -0.25) is 0 Å². The second-order valence-corrected chi connectivity index (χ2v) is 2.66. The summed E-state index contributed by atoms with van der Waals surface area (Å²) in [5.74, 6) is -0.881. The monoisotopic (exact) mass is 204 g/mol. The number of carbonyl (C=O) groups excluding carboxylic acids is 1. The van der Waals surface area contributed by atoms with Gasteiger partial charge in [0, 0.05) is 0 Å². The van der Waals surface area contributed by atoms with Crippen LogP contribution < -0.4 is 0 Å². The lowest BCUT2D eigenvalue weighted by Crippen LogP contribution is -2.19. The SMILES string of the molecule is C=C(OCCO)C(=O)OCC(O)CC. The Bertz CT molecular complexity index is 190. The summed E-state index contributed by atoms with van der Waals surface area (Å²) in [7, 11) is 0. The topological polar surface area (TPSA) is 76.0 Å². The van der Waals surface area contributed by atoms with Crippen molar-refractivity contribution in [1.82, 2.24) is 0 Å². The minimum atomic E-state index is -0.717. The van der Waals surface area contributed by atoms with Gasteiger partial charge in [-0.1, -0.05) is 6.92 Å². The van der Waals surface area contributed by atoms with Gasteiger partial charge in [-0.05, 0) is 13.0 Å². The lowest BCUT2D eigenvalue weighted by molar-refractivity contribution is -0.146.